The van der Waals surface area contributed by atoms with Crippen LogP contribution in [0.15, 0.2) is 48.8 Å². The molecule has 1 amide bonds. The molecule has 3 heterocycles. The zero-order valence-electron chi connectivity index (χ0n) is 21.9. The summed E-state index contributed by atoms with van der Waals surface area (Å²) in [7, 11) is 0. The highest BCUT2D eigenvalue weighted by atomic mass is 19.1. The zero-order chi connectivity index (χ0) is 27.9. The molecule has 11 nitrogen and oxygen atoms in total. The van der Waals surface area contributed by atoms with Gasteiger partial charge in [-0.1, -0.05) is 12.1 Å². The molecule has 2 atom stereocenters. The van der Waals surface area contributed by atoms with E-state index in [1.165, 1.54) is 11.2 Å². The number of piperidine rings is 1. The van der Waals surface area contributed by atoms with Crippen molar-refractivity contribution in [3.8, 4) is 23.2 Å². The molecule has 40 heavy (non-hydrogen) atoms. The summed E-state index contributed by atoms with van der Waals surface area (Å²) < 4.78 is 26.0. The molecule has 2 fully saturated rings. The number of benzene rings is 2. The van der Waals surface area contributed by atoms with Gasteiger partial charge < -0.3 is 24.8 Å². The lowest BCUT2D eigenvalue weighted by Gasteiger charge is -2.34. The number of anilines is 2. The van der Waals surface area contributed by atoms with Crippen LogP contribution in [0.25, 0.3) is 11.4 Å². The number of carbonyl (C=O) groups excluding carboxylic acids is 1. The minimum atomic E-state index is -1.44. The van der Waals surface area contributed by atoms with Gasteiger partial charge in [-0.25, -0.2) is 14.4 Å². The number of hydrogen-bond acceptors (Lipinski definition) is 10. The molecule has 2 aliphatic heterocycles. The lowest BCUT2D eigenvalue weighted by molar-refractivity contribution is -0.138. The van der Waals surface area contributed by atoms with E-state index in [1.807, 2.05) is 12.1 Å². The van der Waals surface area contributed by atoms with Gasteiger partial charge in [-0.05, 0) is 35.9 Å². The van der Waals surface area contributed by atoms with Crippen molar-refractivity contribution in [3.05, 3.63) is 59.9 Å². The monoisotopic (exact) mass is 547 g/mol. The first kappa shape index (κ1) is 27.4. The Bertz CT molecular complexity index is 1380. The summed E-state index contributed by atoms with van der Waals surface area (Å²) in [5, 5.41) is 22.0. The molecule has 1 unspecified atom stereocenters. The number of aromatic nitrogens is 3. The molecule has 1 aromatic heterocycles. The minimum Gasteiger partial charge on any atom is -0.486 e. The van der Waals surface area contributed by atoms with Crippen molar-refractivity contribution >= 4 is 17.5 Å². The first-order valence-corrected chi connectivity index (χ1v) is 13.1. The molecule has 3 aromatic rings. The minimum absolute atomic E-state index is 0.166. The molecular formula is C28H30FN7O4. The summed E-state index contributed by atoms with van der Waals surface area (Å²) in [5.41, 5.74) is 2.80. The average Bonchev–Trinajstić information content (AvgIpc) is 2.98. The Morgan fingerprint density at radius 1 is 1.20 bits per heavy atom. The lowest BCUT2D eigenvalue weighted by Crippen LogP contribution is -2.50. The number of nitrogens with zero attached hydrogens (tertiary/aromatic N) is 6. The SMILES string of the molecule is N#Cc1cc(-c2ncnc(Nc3cccc(CN4CCOCC4)c3)n2)ccc1O[C@H]1CCN(C(=O)CO)CC1F. The van der Waals surface area contributed by atoms with Gasteiger partial charge in [0.1, 0.15) is 30.9 Å². The average molecular weight is 548 g/mol. The number of carbonyl (C=O) groups is 1. The van der Waals surface area contributed by atoms with E-state index in [0.717, 1.165) is 44.1 Å². The Hall–Kier alpha value is -4.18. The van der Waals surface area contributed by atoms with E-state index >= 15 is 0 Å². The number of likely N-dealkylation sites (tertiary alicyclic amines) is 1. The molecule has 0 radical (unpaired) electrons. The number of alkyl halides is 1. The van der Waals surface area contributed by atoms with Crippen molar-refractivity contribution < 1.29 is 23.8 Å². The van der Waals surface area contributed by atoms with Crippen molar-refractivity contribution in [3.63, 3.8) is 0 Å². The molecule has 2 N–H and O–H groups in total. The van der Waals surface area contributed by atoms with E-state index in [4.69, 9.17) is 14.6 Å². The number of rotatable bonds is 8. The van der Waals surface area contributed by atoms with Crippen molar-refractivity contribution in [1.29, 1.82) is 5.26 Å². The molecular weight excluding hydrogens is 517 g/mol. The largest absolute Gasteiger partial charge is 0.486 e. The van der Waals surface area contributed by atoms with Gasteiger partial charge in [-0.2, -0.15) is 10.2 Å². The molecule has 2 aliphatic rings. The number of aliphatic hydroxyl groups is 1. The molecule has 2 saturated heterocycles. The van der Waals surface area contributed by atoms with Crippen LogP contribution in [0.2, 0.25) is 0 Å². The van der Waals surface area contributed by atoms with Crippen molar-refractivity contribution in [2.75, 3.05) is 51.3 Å². The van der Waals surface area contributed by atoms with E-state index in [9.17, 15) is 14.4 Å². The van der Waals surface area contributed by atoms with Crippen molar-refractivity contribution in [2.45, 2.75) is 25.2 Å². The van der Waals surface area contributed by atoms with Crippen molar-refractivity contribution in [2.24, 2.45) is 0 Å². The zero-order valence-corrected chi connectivity index (χ0v) is 21.9. The summed E-state index contributed by atoms with van der Waals surface area (Å²) >= 11 is 0. The van der Waals surface area contributed by atoms with Crippen LogP contribution in [0, 0.1) is 11.3 Å². The van der Waals surface area contributed by atoms with Gasteiger partial charge in [-0.3, -0.25) is 9.69 Å². The molecule has 0 spiro atoms. The number of nitriles is 1. The number of hydrogen-bond donors (Lipinski definition) is 2. The van der Waals surface area contributed by atoms with E-state index in [1.54, 1.807) is 18.2 Å². The van der Waals surface area contributed by atoms with Crippen LogP contribution in [0.4, 0.5) is 16.0 Å². The van der Waals surface area contributed by atoms with Crippen LogP contribution in [-0.2, 0) is 16.1 Å². The first-order valence-electron chi connectivity index (χ1n) is 13.1. The van der Waals surface area contributed by atoms with E-state index < -0.39 is 24.8 Å². The van der Waals surface area contributed by atoms with Crippen LogP contribution in [-0.4, -0.2) is 94.0 Å². The van der Waals surface area contributed by atoms with Gasteiger partial charge in [0.2, 0.25) is 11.9 Å². The Balaban J connectivity index is 1.26. The smallest absolute Gasteiger partial charge is 0.248 e. The summed E-state index contributed by atoms with van der Waals surface area (Å²) in [6.45, 7) is 3.57. The van der Waals surface area contributed by atoms with Gasteiger partial charge >= 0.3 is 0 Å². The second kappa shape index (κ2) is 12.8. The lowest BCUT2D eigenvalue weighted by atomic mass is 10.0. The Morgan fingerprint density at radius 3 is 2.83 bits per heavy atom. The summed E-state index contributed by atoms with van der Waals surface area (Å²) in [6.07, 6.45) is -0.614. The third kappa shape index (κ3) is 6.69. The van der Waals surface area contributed by atoms with Crippen LogP contribution in [0.5, 0.6) is 5.75 Å². The number of aliphatic hydroxyl groups excluding tert-OH is 1. The summed E-state index contributed by atoms with van der Waals surface area (Å²) in [4.78, 5) is 28.3. The number of amides is 1. The predicted molar refractivity (Wildman–Crippen MR) is 143 cm³/mol. The molecule has 2 aromatic carbocycles. The van der Waals surface area contributed by atoms with E-state index in [2.05, 4.69) is 43.4 Å². The highest BCUT2D eigenvalue weighted by molar-refractivity contribution is 5.77. The fourth-order valence-electron chi connectivity index (χ4n) is 4.75. The Morgan fingerprint density at radius 2 is 2.05 bits per heavy atom. The molecule has 0 saturated carbocycles. The predicted octanol–water partition coefficient (Wildman–Crippen LogP) is 2.30. The quantitative estimate of drug-likeness (QED) is 0.432. The van der Waals surface area contributed by atoms with Gasteiger partial charge in [0, 0.05) is 43.9 Å². The number of ether oxygens (including phenoxy) is 2. The maximum Gasteiger partial charge on any atom is 0.248 e. The second-order valence-electron chi connectivity index (χ2n) is 9.63. The van der Waals surface area contributed by atoms with E-state index in [0.29, 0.717) is 17.3 Å². The molecule has 208 valence electrons. The van der Waals surface area contributed by atoms with Crippen LogP contribution < -0.4 is 10.1 Å². The Kier molecular flexibility index (Phi) is 8.75. The van der Waals surface area contributed by atoms with Crippen molar-refractivity contribution in [1.82, 2.24) is 24.8 Å². The maximum atomic E-state index is 14.7. The number of halogens is 1. The highest BCUT2D eigenvalue weighted by Gasteiger charge is 2.33. The second-order valence-corrected chi connectivity index (χ2v) is 9.63. The molecule has 12 heteroatoms. The topological polar surface area (TPSA) is 137 Å². The molecule has 0 aliphatic carbocycles. The van der Waals surface area contributed by atoms with Gasteiger partial charge in [-0.15, -0.1) is 0 Å². The standard InChI is InChI=1S/C28H30FN7O4/c29-23-16-36(26(38)17-37)7-6-25(23)40-24-5-4-20(13-21(24)14-30)27-31-18-32-28(34-27)33-22-3-1-2-19(12-22)15-35-8-10-39-11-9-35/h1-5,12-13,18,23,25,37H,6-11,15-17H2,(H,31,32,33,34)/t23?,25-/m0/s1. The summed E-state index contributed by atoms with van der Waals surface area (Å²) in [5.74, 6) is 0.446. The van der Waals surface area contributed by atoms with Crippen LogP contribution >= 0.6 is 0 Å². The molecule has 5 rings (SSSR count). The fourth-order valence-corrected chi connectivity index (χ4v) is 4.75. The van der Waals surface area contributed by atoms with Gasteiger partial charge in [0.15, 0.2) is 12.0 Å². The van der Waals surface area contributed by atoms with Crippen LogP contribution in [0.1, 0.15) is 17.5 Å². The third-order valence-corrected chi connectivity index (χ3v) is 6.87. The highest BCUT2D eigenvalue weighted by Crippen LogP contribution is 2.28. The van der Waals surface area contributed by atoms with E-state index in [-0.39, 0.29) is 30.8 Å². The number of nitrogens with one attached hydrogen (secondary N) is 1. The third-order valence-electron chi connectivity index (χ3n) is 6.87. The summed E-state index contributed by atoms with van der Waals surface area (Å²) in [6, 6.07) is 15.0. The first-order chi connectivity index (χ1) is 19.5. The Labute approximate surface area is 231 Å². The van der Waals surface area contributed by atoms with Crippen LogP contribution in [0.3, 0.4) is 0 Å². The maximum absolute atomic E-state index is 14.7. The number of morpholine rings is 1. The van der Waals surface area contributed by atoms with Gasteiger partial charge in [0.25, 0.3) is 0 Å². The fraction of sp³-hybridized carbons (Fsp3) is 0.393. The molecule has 0 bridgehead atoms. The van der Waals surface area contributed by atoms with Gasteiger partial charge in [0.05, 0.1) is 25.3 Å². The normalized spacial score (nSPS) is 19.6.